The smallest absolute Gasteiger partial charge is 0.352 e. The van der Waals surface area contributed by atoms with Crippen LogP contribution in [0.4, 0.5) is 13.2 Å². The average molecular weight is 395 g/mol. The van der Waals surface area contributed by atoms with E-state index in [1.165, 1.54) is 0 Å². The fourth-order valence-electron chi connectivity index (χ4n) is 2.19. The highest BCUT2D eigenvalue weighted by atomic mass is 32.1. The van der Waals surface area contributed by atoms with E-state index >= 15 is 0 Å². The van der Waals surface area contributed by atoms with E-state index < -0.39 is 11.9 Å². The molecule has 0 aliphatic carbocycles. The van der Waals surface area contributed by atoms with E-state index in [0.717, 1.165) is 22.3 Å². The number of hydrogen-bond donors (Lipinski definition) is 2. The molecule has 11 heteroatoms. The van der Waals surface area contributed by atoms with Crippen LogP contribution in [0.25, 0.3) is 5.82 Å². The molecule has 2 N–H and O–H groups in total. The van der Waals surface area contributed by atoms with Crippen molar-refractivity contribution in [3.05, 3.63) is 58.4 Å². The van der Waals surface area contributed by atoms with Crippen LogP contribution in [0.15, 0.2) is 47.2 Å². The molecule has 3 rings (SSSR count). The van der Waals surface area contributed by atoms with Gasteiger partial charge in [0.15, 0.2) is 17.5 Å². The third-order valence-corrected chi connectivity index (χ3v) is 4.33. The molecular weight excluding hydrogens is 379 g/mol. The molecule has 0 aromatic carbocycles. The van der Waals surface area contributed by atoms with Crippen LogP contribution >= 0.6 is 11.3 Å². The lowest BCUT2D eigenvalue weighted by molar-refractivity contribution is -0.140. The van der Waals surface area contributed by atoms with Crippen molar-refractivity contribution >= 4 is 17.3 Å². The lowest BCUT2D eigenvalue weighted by Crippen LogP contribution is -2.36. The molecule has 0 unspecified atom stereocenters. The SMILES string of the molecule is CN=C(NCc1ccnc(-n2cccn2)c1)NCc1nc(C(F)(F)F)cs1. The molecule has 142 valence electrons. The Morgan fingerprint density at radius 1 is 1.26 bits per heavy atom. The minimum absolute atomic E-state index is 0.148. The van der Waals surface area contributed by atoms with Gasteiger partial charge in [0.05, 0.1) is 6.54 Å². The first-order valence-corrected chi connectivity index (χ1v) is 8.75. The fraction of sp³-hybridized carbons (Fsp3) is 0.250. The summed E-state index contributed by atoms with van der Waals surface area (Å²) in [4.78, 5) is 11.9. The number of nitrogens with zero attached hydrogens (tertiary/aromatic N) is 5. The number of thiazole rings is 1. The maximum absolute atomic E-state index is 12.6. The Morgan fingerprint density at radius 2 is 2.07 bits per heavy atom. The van der Waals surface area contributed by atoms with Crippen LogP contribution in [0.5, 0.6) is 0 Å². The van der Waals surface area contributed by atoms with Gasteiger partial charge in [0, 0.05) is 37.6 Å². The van der Waals surface area contributed by atoms with Crippen molar-refractivity contribution in [3.63, 3.8) is 0 Å². The molecule has 0 amide bonds. The summed E-state index contributed by atoms with van der Waals surface area (Å²) in [5.74, 6) is 1.14. The molecule has 0 aliphatic heterocycles. The molecular formula is C16H16F3N7S. The predicted octanol–water partition coefficient (Wildman–Crippen LogP) is 2.61. The largest absolute Gasteiger partial charge is 0.434 e. The Balaban J connectivity index is 1.55. The van der Waals surface area contributed by atoms with Crippen LogP contribution in [0, 0.1) is 0 Å². The van der Waals surface area contributed by atoms with Crippen LogP contribution in [0.1, 0.15) is 16.3 Å². The van der Waals surface area contributed by atoms with E-state index in [2.05, 4.69) is 30.7 Å². The summed E-state index contributed by atoms with van der Waals surface area (Å²) >= 11 is 0.949. The normalized spacial score (nSPS) is 12.2. The second-order valence-corrected chi connectivity index (χ2v) is 6.32. The summed E-state index contributed by atoms with van der Waals surface area (Å²) in [5.41, 5.74) is 0.0715. The zero-order chi connectivity index (χ0) is 19.3. The Labute approximate surface area is 157 Å². The highest BCUT2D eigenvalue weighted by Gasteiger charge is 2.33. The number of halogens is 3. The molecule has 0 atom stereocenters. The van der Waals surface area contributed by atoms with Crippen LogP contribution in [0.2, 0.25) is 0 Å². The van der Waals surface area contributed by atoms with Crippen molar-refractivity contribution in [2.45, 2.75) is 19.3 Å². The van der Waals surface area contributed by atoms with Gasteiger partial charge < -0.3 is 10.6 Å². The first-order chi connectivity index (χ1) is 13.0. The molecule has 0 saturated carbocycles. The van der Waals surface area contributed by atoms with E-state index in [0.29, 0.717) is 23.3 Å². The second-order valence-electron chi connectivity index (χ2n) is 5.38. The Bertz CT molecular complexity index is 903. The second kappa shape index (κ2) is 8.16. The summed E-state index contributed by atoms with van der Waals surface area (Å²) in [6.45, 7) is 0.609. The van der Waals surface area contributed by atoms with Crippen LogP contribution in [-0.2, 0) is 19.3 Å². The molecule has 7 nitrogen and oxygen atoms in total. The average Bonchev–Trinajstić information content (AvgIpc) is 3.34. The van der Waals surface area contributed by atoms with Crippen molar-refractivity contribution in [2.75, 3.05) is 7.05 Å². The topological polar surface area (TPSA) is 80.0 Å². The van der Waals surface area contributed by atoms with E-state index in [9.17, 15) is 13.2 Å². The van der Waals surface area contributed by atoms with Crippen molar-refractivity contribution < 1.29 is 13.2 Å². The summed E-state index contributed by atoms with van der Waals surface area (Å²) in [6.07, 6.45) is 0.713. The quantitative estimate of drug-likeness (QED) is 0.513. The van der Waals surface area contributed by atoms with Gasteiger partial charge in [-0.2, -0.15) is 18.3 Å². The summed E-state index contributed by atoms with van der Waals surface area (Å²) in [6, 6.07) is 5.54. The van der Waals surface area contributed by atoms with E-state index in [4.69, 9.17) is 0 Å². The Morgan fingerprint density at radius 3 is 2.74 bits per heavy atom. The van der Waals surface area contributed by atoms with Gasteiger partial charge in [-0.1, -0.05) is 0 Å². The molecule has 0 radical (unpaired) electrons. The molecule has 3 aromatic rings. The van der Waals surface area contributed by atoms with Crippen molar-refractivity contribution in [1.82, 2.24) is 30.4 Å². The predicted molar refractivity (Wildman–Crippen MR) is 95.5 cm³/mol. The molecule has 0 fully saturated rings. The number of pyridine rings is 1. The number of guanidine groups is 1. The number of rotatable bonds is 5. The van der Waals surface area contributed by atoms with Crippen molar-refractivity contribution in [1.29, 1.82) is 0 Å². The monoisotopic (exact) mass is 395 g/mol. The maximum atomic E-state index is 12.6. The van der Waals surface area contributed by atoms with Crippen LogP contribution in [-0.4, -0.2) is 32.8 Å². The summed E-state index contributed by atoms with van der Waals surface area (Å²) in [5, 5.41) is 11.5. The molecule has 0 bridgehead atoms. The Hall–Kier alpha value is -2.95. The van der Waals surface area contributed by atoms with Gasteiger partial charge in [0.2, 0.25) is 0 Å². The third kappa shape index (κ3) is 5.03. The van der Waals surface area contributed by atoms with Crippen molar-refractivity contribution in [3.8, 4) is 5.82 Å². The lowest BCUT2D eigenvalue weighted by Gasteiger charge is -2.11. The Kier molecular flexibility index (Phi) is 5.69. The van der Waals surface area contributed by atoms with Gasteiger partial charge in [-0.25, -0.2) is 14.6 Å². The minimum atomic E-state index is -4.43. The maximum Gasteiger partial charge on any atom is 0.434 e. The zero-order valence-corrected chi connectivity index (χ0v) is 15.1. The van der Waals surface area contributed by atoms with Crippen LogP contribution < -0.4 is 10.6 Å². The zero-order valence-electron chi connectivity index (χ0n) is 14.2. The van der Waals surface area contributed by atoms with Gasteiger partial charge in [-0.3, -0.25) is 4.99 Å². The first kappa shape index (κ1) is 18.8. The number of aliphatic imine (C=N–C) groups is 1. The molecule has 3 aromatic heterocycles. The van der Waals surface area contributed by atoms with E-state index in [1.54, 1.807) is 36.4 Å². The lowest BCUT2D eigenvalue weighted by atomic mass is 10.2. The van der Waals surface area contributed by atoms with Gasteiger partial charge in [0.25, 0.3) is 0 Å². The van der Waals surface area contributed by atoms with E-state index in [-0.39, 0.29) is 6.54 Å². The van der Waals surface area contributed by atoms with E-state index in [1.807, 2.05) is 12.1 Å². The number of nitrogens with one attached hydrogen (secondary N) is 2. The molecule has 27 heavy (non-hydrogen) atoms. The first-order valence-electron chi connectivity index (χ1n) is 7.87. The number of alkyl halides is 3. The highest BCUT2D eigenvalue weighted by Crippen LogP contribution is 2.29. The standard InChI is InChI=1S/C16H16F3N7S/c1-20-15(23-9-14-25-12(10-27-14)16(17,18)19)22-8-11-3-5-21-13(7-11)26-6-2-4-24-26/h2-7,10H,8-9H2,1H3,(H2,20,22,23). The minimum Gasteiger partial charge on any atom is -0.352 e. The number of hydrogen-bond acceptors (Lipinski definition) is 5. The molecule has 0 spiro atoms. The van der Waals surface area contributed by atoms with Crippen LogP contribution in [0.3, 0.4) is 0 Å². The fourth-order valence-corrected chi connectivity index (χ4v) is 2.93. The van der Waals surface area contributed by atoms with Crippen molar-refractivity contribution in [2.24, 2.45) is 4.99 Å². The number of aromatic nitrogens is 4. The third-order valence-electron chi connectivity index (χ3n) is 3.48. The summed E-state index contributed by atoms with van der Waals surface area (Å²) < 4.78 is 39.4. The van der Waals surface area contributed by atoms with Gasteiger partial charge in [0.1, 0.15) is 5.01 Å². The van der Waals surface area contributed by atoms with Gasteiger partial charge in [-0.05, 0) is 23.8 Å². The van der Waals surface area contributed by atoms with Gasteiger partial charge >= 0.3 is 6.18 Å². The van der Waals surface area contributed by atoms with Gasteiger partial charge in [-0.15, -0.1) is 11.3 Å². The highest BCUT2D eigenvalue weighted by molar-refractivity contribution is 7.09. The molecule has 0 saturated heterocycles. The molecule has 3 heterocycles. The summed E-state index contributed by atoms with van der Waals surface area (Å²) in [7, 11) is 1.58. The molecule has 0 aliphatic rings.